The Balaban J connectivity index is 1.11. The van der Waals surface area contributed by atoms with E-state index in [1.54, 1.807) is 0 Å². The molecule has 1 aliphatic rings. The van der Waals surface area contributed by atoms with Gasteiger partial charge in [-0.3, -0.25) is 10.3 Å². The molecule has 41 heavy (non-hydrogen) atoms. The van der Waals surface area contributed by atoms with E-state index in [1.807, 2.05) is 6.20 Å². The third-order valence-corrected chi connectivity index (χ3v) is 8.34. The van der Waals surface area contributed by atoms with Crippen molar-refractivity contribution in [1.29, 1.82) is 0 Å². The fourth-order valence-corrected chi connectivity index (χ4v) is 6.16. The molecular formula is C39H28N2. The zero-order chi connectivity index (χ0) is 27.2. The van der Waals surface area contributed by atoms with Crippen LogP contribution in [0.25, 0.3) is 55.1 Å². The lowest BCUT2D eigenvalue weighted by Gasteiger charge is -2.12. The van der Waals surface area contributed by atoms with Gasteiger partial charge in [0.15, 0.2) is 0 Å². The van der Waals surface area contributed by atoms with Gasteiger partial charge in [0, 0.05) is 11.8 Å². The van der Waals surface area contributed by atoms with Crippen LogP contribution in [0.1, 0.15) is 23.2 Å². The molecule has 7 aromatic rings. The van der Waals surface area contributed by atoms with Crippen molar-refractivity contribution in [3.05, 3.63) is 163 Å². The summed E-state index contributed by atoms with van der Waals surface area (Å²) in [6.45, 7) is 0. The third kappa shape index (κ3) is 4.39. The molecule has 2 heteroatoms. The highest BCUT2D eigenvalue weighted by Crippen LogP contribution is 2.42. The predicted molar refractivity (Wildman–Crippen MR) is 171 cm³/mol. The van der Waals surface area contributed by atoms with Crippen molar-refractivity contribution in [2.24, 2.45) is 0 Å². The van der Waals surface area contributed by atoms with Crippen LogP contribution in [0.4, 0.5) is 0 Å². The Morgan fingerprint density at radius 1 is 0.439 bits per heavy atom. The number of nitrogens with one attached hydrogen (secondary N) is 1. The second-order valence-corrected chi connectivity index (χ2v) is 10.9. The minimum absolute atomic E-state index is 0.388. The van der Waals surface area contributed by atoms with Crippen molar-refractivity contribution in [1.82, 2.24) is 10.3 Å². The van der Waals surface area contributed by atoms with Gasteiger partial charge in [-0.05, 0) is 79.2 Å². The molecule has 0 radical (unpaired) electrons. The normalized spacial score (nSPS) is 16.2. The van der Waals surface area contributed by atoms with Crippen molar-refractivity contribution in [3.8, 4) is 33.5 Å². The number of pyridine rings is 1. The van der Waals surface area contributed by atoms with Crippen molar-refractivity contribution in [3.63, 3.8) is 0 Å². The topological polar surface area (TPSA) is 34.8 Å². The third-order valence-electron chi connectivity index (χ3n) is 8.34. The Hall–Kier alpha value is -5.05. The Kier molecular flexibility index (Phi) is 5.72. The maximum absolute atomic E-state index is 4.83. The molecule has 0 bridgehead atoms. The molecule has 8 rings (SSSR count). The van der Waals surface area contributed by atoms with Gasteiger partial charge in [-0.25, -0.2) is 0 Å². The van der Waals surface area contributed by atoms with Gasteiger partial charge in [-0.2, -0.15) is 0 Å². The average molecular weight is 525 g/mol. The molecule has 0 aliphatic carbocycles. The van der Waals surface area contributed by atoms with E-state index >= 15 is 0 Å². The van der Waals surface area contributed by atoms with Crippen LogP contribution in [0.3, 0.4) is 0 Å². The molecule has 1 fully saturated rings. The molecule has 1 N–H and O–H groups in total. The molecule has 2 nitrogen and oxygen atoms in total. The van der Waals surface area contributed by atoms with Crippen LogP contribution in [-0.2, 0) is 0 Å². The Morgan fingerprint density at radius 3 is 1.88 bits per heavy atom. The van der Waals surface area contributed by atoms with Crippen LogP contribution in [0.2, 0.25) is 0 Å². The lowest BCUT2D eigenvalue weighted by atomic mass is 9.94. The SMILES string of the molecule is c1ccc(C2NC2c2ccc(-c3cccc(-c4ccnc(-c5cc6ccccc6c6ccccc56)c4)c3)cc2)cc1. The standard InChI is InChI=1S/C39H28N2/c1-2-9-27(10-3-1)38-39(41-38)28-19-17-26(18-20-28)29-12-8-13-30(23-29)31-21-22-40-37(25-31)36-24-32-11-4-5-14-33(32)34-15-6-7-16-35(34)36/h1-25,38-39,41H. The van der Waals surface area contributed by atoms with Crippen LogP contribution >= 0.6 is 0 Å². The minimum Gasteiger partial charge on any atom is -0.300 e. The lowest BCUT2D eigenvalue weighted by Crippen LogP contribution is -1.89. The minimum atomic E-state index is 0.388. The summed E-state index contributed by atoms with van der Waals surface area (Å²) in [7, 11) is 0. The molecule has 194 valence electrons. The molecule has 2 unspecified atom stereocenters. The monoisotopic (exact) mass is 524 g/mol. The van der Waals surface area contributed by atoms with E-state index in [0.29, 0.717) is 12.1 Å². The second-order valence-electron chi connectivity index (χ2n) is 10.9. The van der Waals surface area contributed by atoms with Crippen LogP contribution in [0, 0.1) is 0 Å². The second kappa shape index (κ2) is 9.85. The number of nitrogens with zero attached hydrogens (tertiary/aromatic N) is 1. The molecule has 1 saturated heterocycles. The highest BCUT2D eigenvalue weighted by Gasteiger charge is 2.38. The van der Waals surface area contributed by atoms with Gasteiger partial charge in [0.1, 0.15) is 0 Å². The van der Waals surface area contributed by atoms with Gasteiger partial charge in [0.05, 0.1) is 17.8 Å². The molecule has 0 amide bonds. The van der Waals surface area contributed by atoms with Crippen LogP contribution in [0.5, 0.6) is 0 Å². The van der Waals surface area contributed by atoms with Gasteiger partial charge < -0.3 is 0 Å². The van der Waals surface area contributed by atoms with Gasteiger partial charge in [0.2, 0.25) is 0 Å². The van der Waals surface area contributed by atoms with Gasteiger partial charge in [-0.1, -0.05) is 121 Å². The molecular weight excluding hydrogens is 496 g/mol. The Labute approximate surface area is 240 Å². The molecule has 0 spiro atoms. The zero-order valence-electron chi connectivity index (χ0n) is 22.5. The van der Waals surface area contributed by atoms with Crippen molar-refractivity contribution in [2.45, 2.75) is 12.1 Å². The van der Waals surface area contributed by atoms with E-state index < -0.39 is 0 Å². The number of hydrogen-bond acceptors (Lipinski definition) is 2. The number of aromatic nitrogens is 1. The Morgan fingerprint density at radius 2 is 1.07 bits per heavy atom. The molecule has 0 saturated carbocycles. The first kappa shape index (κ1) is 23.8. The number of fused-ring (bicyclic) bond motifs is 3. The van der Waals surface area contributed by atoms with Gasteiger partial charge in [-0.15, -0.1) is 0 Å². The van der Waals surface area contributed by atoms with E-state index in [-0.39, 0.29) is 0 Å². The summed E-state index contributed by atoms with van der Waals surface area (Å²) < 4.78 is 0. The van der Waals surface area contributed by atoms with Gasteiger partial charge in [0.25, 0.3) is 0 Å². The van der Waals surface area contributed by atoms with E-state index in [4.69, 9.17) is 4.98 Å². The maximum Gasteiger partial charge on any atom is 0.0714 e. The molecule has 2 heterocycles. The summed E-state index contributed by atoms with van der Waals surface area (Å²) in [5, 5.41) is 8.61. The summed E-state index contributed by atoms with van der Waals surface area (Å²) in [6.07, 6.45) is 1.93. The van der Waals surface area contributed by atoms with Crippen LogP contribution < -0.4 is 5.32 Å². The summed E-state index contributed by atoms with van der Waals surface area (Å²) >= 11 is 0. The summed E-state index contributed by atoms with van der Waals surface area (Å²) in [5.41, 5.74) is 9.63. The van der Waals surface area contributed by atoms with Gasteiger partial charge >= 0.3 is 0 Å². The molecule has 1 aliphatic heterocycles. The van der Waals surface area contributed by atoms with E-state index in [0.717, 1.165) is 11.3 Å². The first-order valence-corrected chi connectivity index (χ1v) is 14.2. The quantitative estimate of drug-likeness (QED) is 0.180. The Bertz CT molecular complexity index is 2030. The van der Waals surface area contributed by atoms with Crippen LogP contribution in [-0.4, -0.2) is 4.98 Å². The van der Waals surface area contributed by atoms with Crippen molar-refractivity contribution >= 4 is 21.5 Å². The van der Waals surface area contributed by atoms with Crippen LogP contribution in [0.15, 0.2) is 152 Å². The summed E-state index contributed by atoms with van der Waals surface area (Å²) in [6, 6.07) is 53.2. The average Bonchev–Trinajstić information content (AvgIpc) is 3.86. The fourth-order valence-electron chi connectivity index (χ4n) is 6.16. The molecule has 6 aromatic carbocycles. The summed E-state index contributed by atoms with van der Waals surface area (Å²) in [5.74, 6) is 0. The predicted octanol–water partition coefficient (Wildman–Crippen LogP) is 9.77. The largest absolute Gasteiger partial charge is 0.300 e. The highest BCUT2D eigenvalue weighted by molar-refractivity contribution is 6.13. The van der Waals surface area contributed by atoms with E-state index in [9.17, 15) is 0 Å². The maximum atomic E-state index is 4.83. The van der Waals surface area contributed by atoms with E-state index in [1.165, 1.54) is 54.9 Å². The zero-order valence-corrected chi connectivity index (χ0v) is 22.5. The van der Waals surface area contributed by atoms with E-state index in [2.05, 4.69) is 151 Å². The van der Waals surface area contributed by atoms with Crippen molar-refractivity contribution < 1.29 is 0 Å². The first-order chi connectivity index (χ1) is 20.3. The summed E-state index contributed by atoms with van der Waals surface area (Å²) in [4.78, 5) is 4.83. The number of benzene rings is 6. The number of hydrogen-bond donors (Lipinski definition) is 1. The lowest BCUT2D eigenvalue weighted by molar-refractivity contribution is 1.03. The molecule has 2 atom stereocenters. The smallest absolute Gasteiger partial charge is 0.0714 e. The van der Waals surface area contributed by atoms with Crippen molar-refractivity contribution in [2.75, 3.05) is 0 Å². The highest BCUT2D eigenvalue weighted by atomic mass is 15.1. The molecule has 1 aromatic heterocycles. The number of rotatable bonds is 5. The first-order valence-electron chi connectivity index (χ1n) is 14.2. The fraction of sp³-hybridized carbons (Fsp3) is 0.0513.